The standard InChI is InChI=1S/C25H22N2O6S/c1-2-33-19-14-10-16(11-15-19)21-23(34(31,32)20-6-4-3-5-7-20)22(28)25(30)27(21)18-12-8-17(9-13-18)24(26)29/h3-15,21,28H,2H2,1H3,(H2,26,29)/t21-/m0/s1. The van der Waals surface area contributed by atoms with Gasteiger partial charge in [0.15, 0.2) is 5.76 Å². The molecule has 3 aromatic rings. The number of benzene rings is 3. The van der Waals surface area contributed by atoms with Crippen molar-refractivity contribution in [2.75, 3.05) is 11.5 Å². The highest BCUT2D eigenvalue weighted by molar-refractivity contribution is 7.95. The second kappa shape index (κ2) is 9.03. The Bertz CT molecular complexity index is 1370. The number of carbonyl (C=O) groups is 2. The third-order valence-electron chi connectivity index (χ3n) is 5.44. The van der Waals surface area contributed by atoms with Crippen molar-refractivity contribution in [2.24, 2.45) is 5.73 Å². The molecular formula is C25H22N2O6S. The molecule has 0 bridgehead atoms. The van der Waals surface area contributed by atoms with Crippen LogP contribution in [0, 0.1) is 0 Å². The average Bonchev–Trinajstić information content (AvgIpc) is 3.11. The number of amides is 2. The molecule has 9 heteroatoms. The Morgan fingerprint density at radius 1 is 1.00 bits per heavy atom. The summed E-state index contributed by atoms with van der Waals surface area (Å²) in [6.45, 7) is 2.29. The molecule has 1 aliphatic heterocycles. The zero-order valence-electron chi connectivity index (χ0n) is 18.2. The molecule has 0 fully saturated rings. The first-order valence-corrected chi connectivity index (χ1v) is 11.9. The number of carbonyl (C=O) groups excluding carboxylic acids is 2. The topological polar surface area (TPSA) is 127 Å². The largest absolute Gasteiger partial charge is 0.502 e. The number of primary amides is 1. The fourth-order valence-corrected chi connectivity index (χ4v) is 5.50. The number of nitrogens with two attached hydrogens (primary N) is 1. The van der Waals surface area contributed by atoms with Gasteiger partial charge in [-0.2, -0.15) is 0 Å². The van der Waals surface area contributed by atoms with Gasteiger partial charge in [-0.25, -0.2) is 8.42 Å². The van der Waals surface area contributed by atoms with Gasteiger partial charge in [-0.1, -0.05) is 30.3 Å². The van der Waals surface area contributed by atoms with E-state index in [0.29, 0.717) is 23.6 Å². The molecule has 174 valence electrons. The second-order valence-electron chi connectivity index (χ2n) is 7.52. The minimum atomic E-state index is -4.24. The number of rotatable bonds is 7. The molecule has 4 rings (SSSR count). The summed E-state index contributed by atoms with van der Waals surface area (Å²) in [5.74, 6) is -1.80. The van der Waals surface area contributed by atoms with Crippen molar-refractivity contribution in [3.63, 3.8) is 0 Å². The lowest BCUT2D eigenvalue weighted by Gasteiger charge is -2.27. The van der Waals surface area contributed by atoms with Crippen LogP contribution in [0.3, 0.4) is 0 Å². The van der Waals surface area contributed by atoms with Gasteiger partial charge in [-0.05, 0) is 61.0 Å². The van der Waals surface area contributed by atoms with Crippen LogP contribution in [0.15, 0.2) is 94.4 Å². The maximum absolute atomic E-state index is 13.6. The molecule has 0 unspecified atom stereocenters. The third kappa shape index (κ3) is 4.01. The number of aliphatic hydroxyl groups excluding tert-OH is 1. The number of ether oxygens (including phenoxy) is 1. The predicted molar refractivity (Wildman–Crippen MR) is 126 cm³/mol. The number of anilines is 1. The molecule has 1 heterocycles. The van der Waals surface area contributed by atoms with Crippen LogP contribution >= 0.6 is 0 Å². The van der Waals surface area contributed by atoms with E-state index in [0.717, 1.165) is 0 Å². The molecule has 0 spiro atoms. The minimum absolute atomic E-state index is 0.0498. The van der Waals surface area contributed by atoms with Crippen LogP contribution in [-0.4, -0.2) is 31.9 Å². The smallest absolute Gasteiger partial charge is 0.295 e. The Kier molecular flexibility index (Phi) is 6.12. The Morgan fingerprint density at radius 3 is 2.18 bits per heavy atom. The number of nitrogens with zero attached hydrogens (tertiary/aromatic N) is 1. The number of hydrogen-bond acceptors (Lipinski definition) is 6. The zero-order chi connectivity index (χ0) is 24.5. The van der Waals surface area contributed by atoms with Gasteiger partial charge in [0.25, 0.3) is 5.91 Å². The first-order chi connectivity index (χ1) is 16.3. The molecule has 34 heavy (non-hydrogen) atoms. The van der Waals surface area contributed by atoms with Crippen LogP contribution in [0.2, 0.25) is 0 Å². The Morgan fingerprint density at radius 2 is 1.62 bits per heavy atom. The van der Waals surface area contributed by atoms with E-state index in [9.17, 15) is 23.1 Å². The summed E-state index contributed by atoms with van der Waals surface area (Å²) >= 11 is 0. The maximum Gasteiger partial charge on any atom is 0.295 e. The van der Waals surface area contributed by atoms with E-state index in [1.165, 1.54) is 41.3 Å². The molecule has 1 atom stereocenters. The number of aliphatic hydroxyl groups is 1. The number of sulfone groups is 1. The first-order valence-electron chi connectivity index (χ1n) is 10.4. The molecule has 8 nitrogen and oxygen atoms in total. The van der Waals surface area contributed by atoms with Crippen molar-refractivity contribution < 1.29 is 27.9 Å². The lowest BCUT2D eigenvalue weighted by atomic mass is 10.1. The van der Waals surface area contributed by atoms with Gasteiger partial charge in [-0.15, -0.1) is 0 Å². The summed E-state index contributed by atoms with van der Waals surface area (Å²) in [7, 11) is -4.24. The molecule has 0 aromatic heterocycles. The van der Waals surface area contributed by atoms with E-state index in [1.807, 2.05) is 6.92 Å². The highest BCUT2D eigenvalue weighted by Crippen LogP contribution is 2.45. The fraction of sp³-hybridized carbons (Fsp3) is 0.120. The summed E-state index contributed by atoms with van der Waals surface area (Å²) in [5.41, 5.74) is 6.28. The maximum atomic E-state index is 13.6. The monoisotopic (exact) mass is 478 g/mol. The molecular weight excluding hydrogens is 456 g/mol. The molecule has 0 saturated heterocycles. The van der Waals surface area contributed by atoms with Gasteiger partial charge in [0, 0.05) is 11.3 Å². The number of hydrogen-bond donors (Lipinski definition) is 2. The van der Waals surface area contributed by atoms with Gasteiger partial charge < -0.3 is 15.6 Å². The molecule has 1 aliphatic rings. The summed E-state index contributed by atoms with van der Waals surface area (Å²) in [6, 6.07) is 18.9. The second-order valence-corrected chi connectivity index (χ2v) is 9.44. The normalized spacial score (nSPS) is 16.1. The summed E-state index contributed by atoms with van der Waals surface area (Å²) in [6.07, 6.45) is 0. The highest BCUT2D eigenvalue weighted by Gasteiger charge is 2.47. The van der Waals surface area contributed by atoms with Crippen molar-refractivity contribution in [1.29, 1.82) is 0 Å². The van der Waals surface area contributed by atoms with Gasteiger partial charge >= 0.3 is 0 Å². The summed E-state index contributed by atoms with van der Waals surface area (Å²) < 4.78 is 32.6. The molecule has 3 aromatic carbocycles. The molecule has 3 N–H and O–H groups in total. The average molecular weight is 479 g/mol. The van der Waals surface area contributed by atoms with E-state index in [1.54, 1.807) is 42.5 Å². The Labute approximate surface area is 196 Å². The molecule has 0 radical (unpaired) electrons. The first kappa shape index (κ1) is 23.1. The zero-order valence-corrected chi connectivity index (χ0v) is 19.0. The van der Waals surface area contributed by atoms with Crippen LogP contribution in [0.25, 0.3) is 0 Å². The van der Waals surface area contributed by atoms with E-state index < -0.39 is 38.4 Å². The van der Waals surface area contributed by atoms with Crippen LogP contribution in [0.1, 0.15) is 28.9 Å². The van der Waals surface area contributed by atoms with Crippen molar-refractivity contribution in [2.45, 2.75) is 17.9 Å². The molecule has 0 aliphatic carbocycles. The van der Waals surface area contributed by atoms with Crippen molar-refractivity contribution in [3.05, 3.63) is 101 Å². The van der Waals surface area contributed by atoms with Gasteiger partial charge in [0.2, 0.25) is 15.7 Å². The Balaban J connectivity index is 1.89. The minimum Gasteiger partial charge on any atom is -0.502 e. The van der Waals surface area contributed by atoms with Crippen molar-refractivity contribution in [1.82, 2.24) is 0 Å². The van der Waals surface area contributed by atoms with Gasteiger partial charge in [0.1, 0.15) is 16.7 Å². The van der Waals surface area contributed by atoms with Crippen LogP contribution in [0.4, 0.5) is 5.69 Å². The SMILES string of the molecule is CCOc1ccc([C@H]2C(S(=O)(=O)c3ccccc3)=C(O)C(=O)N2c2ccc(C(N)=O)cc2)cc1. The van der Waals surface area contributed by atoms with E-state index in [4.69, 9.17) is 10.5 Å². The van der Waals surface area contributed by atoms with Crippen molar-refractivity contribution in [3.8, 4) is 5.75 Å². The van der Waals surface area contributed by atoms with Crippen LogP contribution in [-0.2, 0) is 14.6 Å². The van der Waals surface area contributed by atoms with E-state index in [2.05, 4.69) is 0 Å². The molecule has 0 saturated carbocycles. The quantitative estimate of drug-likeness (QED) is 0.535. The summed E-state index contributed by atoms with van der Waals surface area (Å²) in [5, 5.41) is 10.8. The highest BCUT2D eigenvalue weighted by atomic mass is 32.2. The lowest BCUT2D eigenvalue weighted by Crippen LogP contribution is -2.31. The van der Waals surface area contributed by atoms with Crippen LogP contribution < -0.4 is 15.4 Å². The predicted octanol–water partition coefficient (Wildman–Crippen LogP) is 3.52. The van der Waals surface area contributed by atoms with E-state index in [-0.39, 0.29) is 10.5 Å². The third-order valence-corrected chi connectivity index (χ3v) is 7.33. The van der Waals surface area contributed by atoms with Gasteiger partial charge in [0.05, 0.1) is 11.5 Å². The summed E-state index contributed by atoms with van der Waals surface area (Å²) in [4.78, 5) is 25.4. The van der Waals surface area contributed by atoms with Crippen molar-refractivity contribution >= 4 is 27.3 Å². The molecule has 2 amide bonds. The lowest BCUT2D eigenvalue weighted by molar-refractivity contribution is -0.117. The van der Waals surface area contributed by atoms with Crippen LogP contribution in [0.5, 0.6) is 5.75 Å². The van der Waals surface area contributed by atoms with Gasteiger partial charge in [-0.3, -0.25) is 14.5 Å². The Hall–Kier alpha value is -4.11. The van der Waals surface area contributed by atoms with E-state index >= 15 is 0 Å². The fourth-order valence-electron chi connectivity index (χ4n) is 3.85.